The third-order valence-corrected chi connectivity index (χ3v) is 3.46. The van der Waals surface area contributed by atoms with E-state index < -0.39 is 0 Å². The number of aliphatic hydroxyl groups is 1. The zero-order valence-electron chi connectivity index (χ0n) is 8.38. The van der Waals surface area contributed by atoms with Crippen LogP contribution in [0.4, 0.5) is 0 Å². The fraction of sp³-hybridized carbons (Fsp3) is 0.273. The summed E-state index contributed by atoms with van der Waals surface area (Å²) >= 11 is 7.64. The lowest BCUT2D eigenvalue weighted by Gasteiger charge is -1.98. The minimum absolute atomic E-state index is 0.161. The first kappa shape index (κ1) is 10.9. The van der Waals surface area contributed by atoms with Crippen molar-refractivity contribution in [3.63, 3.8) is 0 Å². The molecule has 80 valence electrons. The van der Waals surface area contributed by atoms with E-state index >= 15 is 0 Å². The molecular formula is C11H12ClNOS. The second-order valence-electron chi connectivity index (χ2n) is 3.30. The van der Waals surface area contributed by atoms with Crippen molar-refractivity contribution in [1.82, 2.24) is 4.98 Å². The summed E-state index contributed by atoms with van der Waals surface area (Å²) in [6.45, 7) is 0.161. The smallest absolute Gasteiger partial charge is 0.0486 e. The fourth-order valence-electron chi connectivity index (χ4n) is 1.72. The van der Waals surface area contributed by atoms with Crippen LogP contribution in [-0.4, -0.2) is 23.0 Å². The van der Waals surface area contributed by atoms with Crippen molar-refractivity contribution in [2.75, 3.05) is 12.9 Å². The summed E-state index contributed by atoms with van der Waals surface area (Å²) in [5.41, 5.74) is 2.16. The highest BCUT2D eigenvalue weighted by molar-refractivity contribution is 7.98. The van der Waals surface area contributed by atoms with Crippen molar-refractivity contribution in [2.45, 2.75) is 11.3 Å². The first-order valence-corrected chi connectivity index (χ1v) is 6.31. The van der Waals surface area contributed by atoms with Crippen molar-refractivity contribution >= 4 is 34.3 Å². The third kappa shape index (κ3) is 2.00. The molecule has 0 aliphatic rings. The fourth-order valence-corrected chi connectivity index (χ4v) is 2.68. The molecule has 4 heteroatoms. The molecule has 0 saturated carbocycles. The Hall–Kier alpha value is -0.640. The average Bonchev–Trinajstić information content (AvgIpc) is 2.55. The number of halogens is 1. The summed E-state index contributed by atoms with van der Waals surface area (Å²) in [4.78, 5) is 4.49. The molecule has 1 heterocycles. The van der Waals surface area contributed by atoms with Gasteiger partial charge < -0.3 is 10.1 Å². The molecule has 0 saturated heterocycles. The highest BCUT2D eigenvalue weighted by Crippen LogP contribution is 2.32. The van der Waals surface area contributed by atoms with Gasteiger partial charge in [-0.3, -0.25) is 0 Å². The van der Waals surface area contributed by atoms with E-state index in [1.165, 1.54) is 4.90 Å². The van der Waals surface area contributed by atoms with Crippen LogP contribution in [0.5, 0.6) is 0 Å². The number of hydrogen-bond donors (Lipinski definition) is 2. The molecule has 0 aliphatic heterocycles. The third-order valence-electron chi connectivity index (χ3n) is 2.35. The van der Waals surface area contributed by atoms with Gasteiger partial charge in [0.15, 0.2) is 0 Å². The first-order chi connectivity index (χ1) is 7.26. The van der Waals surface area contributed by atoms with E-state index in [1.54, 1.807) is 11.8 Å². The van der Waals surface area contributed by atoms with Gasteiger partial charge in [0.2, 0.25) is 0 Å². The highest BCUT2D eigenvalue weighted by atomic mass is 35.5. The van der Waals surface area contributed by atoms with Crippen LogP contribution < -0.4 is 0 Å². The molecule has 0 bridgehead atoms. The average molecular weight is 242 g/mol. The summed E-state index contributed by atoms with van der Waals surface area (Å²) in [6.07, 6.45) is 2.69. The Bertz CT molecular complexity index is 481. The number of H-pyrrole nitrogens is 1. The van der Waals surface area contributed by atoms with Gasteiger partial charge in [0.05, 0.1) is 0 Å². The molecule has 1 aromatic heterocycles. The Morgan fingerprint density at radius 3 is 2.93 bits per heavy atom. The van der Waals surface area contributed by atoms with Gasteiger partial charge >= 0.3 is 0 Å². The minimum Gasteiger partial charge on any atom is -0.396 e. The van der Waals surface area contributed by atoms with E-state index in [9.17, 15) is 0 Å². The largest absolute Gasteiger partial charge is 0.396 e. The van der Waals surface area contributed by atoms with Crippen LogP contribution in [0.1, 0.15) is 5.69 Å². The molecule has 2 aromatic rings. The molecule has 1 aromatic carbocycles. The normalized spacial score (nSPS) is 11.1. The number of benzene rings is 1. The van der Waals surface area contributed by atoms with Gasteiger partial charge in [0.1, 0.15) is 0 Å². The topological polar surface area (TPSA) is 36.0 Å². The molecule has 0 amide bonds. The molecule has 0 spiro atoms. The van der Waals surface area contributed by atoms with Gasteiger partial charge in [-0.05, 0) is 24.5 Å². The number of nitrogens with one attached hydrogen (secondary N) is 1. The van der Waals surface area contributed by atoms with E-state index in [2.05, 4.69) is 4.98 Å². The van der Waals surface area contributed by atoms with Crippen LogP contribution in [-0.2, 0) is 6.42 Å². The number of hydrogen-bond acceptors (Lipinski definition) is 2. The monoisotopic (exact) mass is 241 g/mol. The number of aromatic nitrogens is 1. The Balaban J connectivity index is 2.63. The number of aromatic amines is 1. The molecule has 0 fully saturated rings. The quantitative estimate of drug-likeness (QED) is 0.811. The maximum absolute atomic E-state index is 8.96. The molecule has 2 N–H and O–H groups in total. The lowest BCUT2D eigenvalue weighted by molar-refractivity contribution is 0.297. The lowest BCUT2D eigenvalue weighted by Crippen LogP contribution is -1.91. The van der Waals surface area contributed by atoms with Crippen molar-refractivity contribution in [2.24, 2.45) is 0 Å². The van der Waals surface area contributed by atoms with Gasteiger partial charge in [-0.25, -0.2) is 0 Å². The van der Waals surface area contributed by atoms with Crippen LogP contribution >= 0.6 is 23.4 Å². The van der Waals surface area contributed by atoms with Gasteiger partial charge in [0, 0.05) is 39.5 Å². The molecule has 0 radical (unpaired) electrons. The first-order valence-electron chi connectivity index (χ1n) is 4.71. The van der Waals surface area contributed by atoms with E-state index in [4.69, 9.17) is 16.7 Å². The Kier molecular flexibility index (Phi) is 3.24. The lowest BCUT2D eigenvalue weighted by atomic mass is 10.2. The van der Waals surface area contributed by atoms with Crippen LogP contribution in [0.2, 0.25) is 5.02 Å². The minimum atomic E-state index is 0.161. The number of aliphatic hydroxyl groups excluding tert-OH is 1. The Labute approximate surface area is 97.6 Å². The number of fused-ring (bicyclic) bond motifs is 1. The maximum Gasteiger partial charge on any atom is 0.0486 e. The summed E-state index contributed by atoms with van der Waals surface area (Å²) in [5, 5.41) is 10.8. The zero-order chi connectivity index (χ0) is 10.8. The van der Waals surface area contributed by atoms with Crippen molar-refractivity contribution in [3.05, 3.63) is 28.9 Å². The molecule has 15 heavy (non-hydrogen) atoms. The second kappa shape index (κ2) is 4.47. The van der Waals surface area contributed by atoms with Crippen LogP contribution in [0.25, 0.3) is 10.9 Å². The van der Waals surface area contributed by atoms with Gasteiger partial charge in [0.25, 0.3) is 0 Å². The Morgan fingerprint density at radius 1 is 1.47 bits per heavy atom. The van der Waals surface area contributed by atoms with Gasteiger partial charge in [-0.15, -0.1) is 11.8 Å². The van der Waals surface area contributed by atoms with Crippen molar-refractivity contribution in [1.29, 1.82) is 0 Å². The zero-order valence-corrected chi connectivity index (χ0v) is 9.95. The highest BCUT2D eigenvalue weighted by Gasteiger charge is 2.10. The van der Waals surface area contributed by atoms with Crippen LogP contribution in [0.3, 0.4) is 0 Å². The number of thioether (sulfide) groups is 1. The van der Waals surface area contributed by atoms with Crippen molar-refractivity contribution < 1.29 is 5.11 Å². The van der Waals surface area contributed by atoms with Crippen LogP contribution in [0, 0.1) is 0 Å². The number of rotatable bonds is 3. The SMILES string of the molecule is CSc1c(CCO)[nH]c2ccc(Cl)cc12. The van der Waals surface area contributed by atoms with Gasteiger partial charge in [-0.2, -0.15) is 0 Å². The van der Waals surface area contributed by atoms with Crippen LogP contribution in [0.15, 0.2) is 23.1 Å². The van der Waals surface area contributed by atoms with E-state index in [0.717, 1.165) is 21.6 Å². The summed E-state index contributed by atoms with van der Waals surface area (Å²) in [7, 11) is 0. The molecular weight excluding hydrogens is 230 g/mol. The molecule has 0 atom stereocenters. The molecule has 0 aliphatic carbocycles. The Morgan fingerprint density at radius 2 is 2.27 bits per heavy atom. The predicted octanol–water partition coefficient (Wildman–Crippen LogP) is 3.08. The van der Waals surface area contributed by atoms with Crippen molar-refractivity contribution in [3.8, 4) is 0 Å². The second-order valence-corrected chi connectivity index (χ2v) is 4.55. The molecule has 2 rings (SSSR count). The summed E-state index contributed by atoms with van der Waals surface area (Å²) in [6, 6.07) is 5.80. The summed E-state index contributed by atoms with van der Waals surface area (Å²) < 4.78 is 0. The predicted molar refractivity (Wildman–Crippen MR) is 65.9 cm³/mol. The molecule has 0 unspecified atom stereocenters. The summed E-state index contributed by atoms with van der Waals surface area (Å²) in [5.74, 6) is 0. The maximum atomic E-state index is 8.96. The van der Waals surface area contributed by atoms with E-state index in [1.807, 2.05) is 24.5 Å². The van der Waals surface area contributed by atoms with E-state index in [0.29, 0.717) is 6.42 Å². The van der Waals surface area contributed by atoms with Gasteiger partial charge in [-0.1, -0.05) is 11.6 Å². The molecule has 2 nitrogen and oxygen atoms in total. The standard InChI is InChI=1S/C11H12ClNOS/c1-15-11-8-6-7(12)2-3-9(8)13-10(11)4-5-14/h2-3,6,13-14H,4-5H2,1H3. The van der Waals surface area contributed by atoms with E-state index in [-0.39, 0.29) is 6.61 Å².